The van der Waals surface area contributed by atoms with Crippen LogP contribution in [-0.2, 0) is 6.42 Å². The first-order valence-corrected chi connectivity index (χ1v) is 10.5. The highest BCUT2D eigenvalue weighted by Gasteiger charge is 2.28. The number of fused-ring (bicyclic) bond motifs is 3. The SMILES string of the molecule is CCCCNc1ccc2c(cc1=O)C(NC)CCc1cc(OC)c(OC)c(OC)c1-2. The quantitative estimate of drug-likeness (QED) is 0.635. The van der Waals surface area contributed by atoms with Gasteiger partial charge >= 0.3 is 0 Å². The monoisotopic (exact) mass is 412 g/mol. The molecule has 3 rings (SSSR count). The van der Waals surface area contributed by atoms with E-state index in [0.717, 1.165) is 54.5 Å². The van der Waals surface area contributed by atoms with Gasteiger partial charge in [-0.1, -0.05) is 19.4 Å². The summed E-state index contributed by atoms with van der Waals surface area (Å²) >= 11 is 0. The number of hydrogen-bond acceptors (Lipinski definition) is 6. The number of ether oxygens (including phenoxy) is 3. The lowest BCUT2D eigenvalue weighted by Crippen LogP contribution is -2.18. The predicted molar refractivity (Wildman–Crippen MR) is 121 cm³/mol. The fraction of sp³-hybridized carbons (Fsp3) is 0.458. The van der Waals surface area contributed by atoms with Gasteiger partial charge in [0.05, 0.1) is 27.0 Å². The predicted octanol–water partition coefficient (Wildman–Crippen LogP) is 4.16. The molecule has 1 aliphatic rings. The van der Waals surface area contributed by atoms with Gasteiger partial charge in [-0.2, -0.15) is 0 Å². The fourth-order valence-corrected chi connectivity index (χ4v) is 4.16. The highest BCUT2D eigenvalue weighted by molar-refractivity contribution is 5.83. The molecule has 1 atom stereocenters. The van der Waals surface area contributed by atoms with E-state index in [2.05, 4.69) is 17.6 Å². The molecule has 162 valence electrons. The Morgan fingerprint density at radius 2 is 1.83 bits per heavy atom. The van der Waals surface area contributed by atoms with Crippen LogP contribution in [0.1, 0.15) is 43.4 Å². The van der Waals surface area contributed by atoms with E-state index < -0.39 is 0 Å². The normalized spacial score (nSPS) is 14.9. The van der Waals surface area contributed by atoms with Crippen LogP contribution in [0.25, 0.3) is 11.1 Å². The second kappa shape index (κ2) is 9.85. The number of aryl methyl sites for hydroxylation is 1. The average molecular weight is 413 g/mol. The lowest BCUT2D eigenvalue weighted by molar-refractivity contribution is 0.324. The first kappa shape index (κ1) is 22.0. The van der Waals surface area contributed by atoms with E-state index in [4.69, 9.17) is 14.2 Å². The summed E-state index contributed by atoms with van der Waals surface area (Å²) in [5, 5.41) is 6.67. The Hall–Kier alpha value is -2.73. The highest BCUT2D eigenvalue weighted by Crippen LogP contribution is 2.50. The second-order valence-corrected chi connectivity index (χ2v) is 7.46. The van der Waals surface area contributed by atoms with Gasteiger partial charge in [-0.05, 0) is 61.2 Å². The van der Waals surface area contributed by atoms with Gasteiger partial charge in [0.2, 0.25) is 11.2 Å². The topological polar surface area (TPSA) is 68.8 Å². The van der Waals surface area contributed by atoms with Gasteiger partial charge in [0.1, 0.15) is 0 Å². The van der Waals surface area contributed by atoms with Crippen LogP contribution in [-0.4, -0.2) is 34.9 Å². The van der Waals surface area contributed by atoms with Crippen molar-refractivity contribution in [1.29, 1.82) is 0 Å². The molecule has 0 fully saturated rings. The number of unbranched alkanes of at least 4 members (excludes halogenated alkanes) is 1. The number of nitrogens with one attached hydrogen (secondary N) is 2. The molecule has 0 aromatic heterocycles. The van der Waals surface area contributed by atoms with Gasteiger partial charge in [-0.3, -0.25) is 4.79 Å². The third-order valence-corrected chi connectivity index (χ3v) is 5.73. The molecule has 0 bridgehead atoms. The van der Waals surface area contributed by atoms with E-state index in [9.17, 15) is 4.79 Å². The standard InChI is InChI=1S/C24H32N2O4/c1-6-7-12-26-19-11-9-16-17(14-20(19)27)18(25-2)10-8-15-13-21(28-3)23(29-4)24(30-5)22(15)16/h9,11,13-14,18,25H,6-8,10,12H2,1-5H3,(H,26,27). The molecule has 2 aromatic carbocycles. The van der Waals surface area contributed by atoms with Crippen LogP contribution in [0, 0.1) is 0 Å². The summed E-state index contributed by atoms with van der Waals surface area (Å²) in [6.07, 6.45) is 3.78. The lowest BCUT2D eigenvalue weighted by atomic mass is 9.95. The molecule has 2 N–H and O–H groups in total. The Morgan fingerprint density at radius 1 is 1.07 bits per heavy atom. The van der Waals surface area contributed by atoms with Crippen LogP contribution in [0.3, 0.4) is 0 Å². The van der Waals surface area contributed by atoms with Crippen LogP contribution in [0.15, 0.2) is 29.1 Å². The Morgan fingerprint density at radius 3 is 2.47 bits per heavy atom. The molecule has 0 saturated heterocycles. The van der Waals surface area contributed by atoms with Crippen LogP contribution in [0.2, 0.25) is 0 Å². The van der Waals surface area contributed by atoms with Crippen molar-refractivity contribution in [2.24, 2.45) is 0 Å². The van der Waals surface area contributed by atoms with Gasteiger partial charge in [0.15, 0.2) is 11.5 Å². The Balaban J connectivity index is 2.29. The van der Waals surface area contributed by atoms with Crippen molar-refractivity contribution in [3.05, 3.63) is 45.6 Å². The Bertz CT molecular complexity index is 959. The van der Waals surface area contributed by atoms with E-state index in [1.165, 1.54) is 0 Å². The summed E-state index contributed by atoms with van der Waals surface area (Å²) < 4.78 is 17.0. The molecule has 0 saturated carbocycles. The van der Waals surface area contributed by atoms with Gasteiger partial charge in [0.25, 0.3) is 0 Å². The summed E-state index contributed by atoms with van der Waals surface area (Å²) in [5.74, 6) is 1.83. The summed E-state index contributed by atoms with van der Waals surface area (Å²) in [7, 11) is 6.80. The van der Waals surface area contributed by atoms with Crippen LogP contribution >= 0.6 is 0 Å². The zero-order valence-corrected chi connectivity index (χ0v) is 18.6. The molecule has 6 heteroatoms. The zero-order valence-electron chi connectivity index (χ0n) is 18.6. The largest absolute Gasteiger partial charge is 0.493 e. The first-order chi connectivity index (χ1) is 14.6. The van der Waals surface area contributed by atoms with Crippen LogP contribution < -0.4 is 30.3 Å². The third kappa shape index (κ3) is 4.10. The van der Waals surface area contributed by atoms with Crippen molar-refractivity contribution < 1.29 is 14.2 Å². The van der Waals surface area contributed by atoms with E-state index in [0.29, 0.717) is 22.9 Å². The maximum Gasteiger partial charge on any atom is 0.203 e. The summed E-state index contributed by atoms with van der Waals surface area (Å²) in [5.41, 5.74) is 4.62. The second-order valence-electron chi connectivity index (χ2n) is 7.46. The lowest BCUT2D eigenvalue weighted by Gasteiger charge is -2.19. The average Bonchev–Trinajstić information content (AvgIpc) is 3.01. The summed E-state index contributed by atoms with van der Waals surface area (Å²) in [4.78, 5) is 13.0. The molecular formula is C24H32N2O4. The van der Waals surface area contributed by atoms with E-state index in [1.54, 1.807) is 27.4 Å². The molecule has 1 unspecified atom stereocenters. The van der Waals surface area contributed by atoms with E-state index in [-0.39, 0.29) is 11.5 Å². The summed E-state index contributed by atoms with van der Waals surface area (Å²) in [6.45, 7) is 2.91. The van der Waals surface area contributed by atoms with Gasteiger partial charge in [0, 0.05) is 18.2 Å². The number of anilines is 1. The maximum absolute atomic E-state index is 13.0. The van der Waals surface area contributed by atoms with Crippen molar-refractivity contribution in [3.63, 3.8) is 0 Å². The minimum Gasteiger partial charge on any atom is -0.493 e. The minimum absolute atomic E-state index is 0.00417. The molecule has 6 nitrogen and oxygen atoms in total. The van der Waals surface area contributed by atoms with Gasteiger partial charge in [-0.15, -0.1) is 0 Å². The van der Waals surface area contributed by atoms with Crippen LogP contribution in [0.4, 0.5) is 5.69 Å². The number of rotatable bonds is 8. The molecule has 0 spiro atoms. The first-order valence-electron chi connectivity index (χ1n) is 10.5. The van der Waals surface area contributed by atoms with Crippen molar-refractivity contribution in [2.75, 3.05) is 40.2 Å². The molecule has 1 aliphatic carbocycles. The fourth-order valence-electron chi connectivity index (χ4n) is 4.16. The maximum atomic E-state index is 13.0. The highest BCUT2D eigenvalue weighted by atomic mass is 16.5. The summed E-state index contributed by atoms with van der Waals surface area (Å²) in [6, 6.07) is 7.74. The zero-order chi connectivity index (χ0) is 21.7. The molecule has 0 heterocycles. The molecule has 0 aliphatic heterocycles. The van der Waals surface area contributed by atoms with E-state index >= 15 is 0 Å². The molecule has 30 heavy (non-hydrogen) atoms. The van der Waals surface area contributed by atoms with Crippen molar-refractivity contribution in [2.45, 2.75) is 38.6 Å². The van der Waals surface area contributed by atoms with Gasteiger partial charge in [-0.25, -0.2) is 0 Å². The smallest absolute Gasteiger partial charge is 0.203 e. The van der Waals surface area contributed by atoms with Crippen molar-refractivity contribution in [1.82, 2.24) is 5.32 Å². The van der Waals surface area contributed by atoms with Crippen LogP contribution in [0.5, 0.6) is 17.2 Å². The molecule has 2 aromatic rings. The van der Waals surface area contributed by atoms with Gasteiger partial charge < -0.3 is 24.8 Å². The van der Waals surface area contributed by atoms with Crippen molar-refractivity contribution in [3.8, 4) is 28.4 Å². The number of methoxy groups -OCH3 is 3. The number of hydrogen-bond donors (Lipinski definition) is 2. The third-order valence-electron chi connectivity index (χ3n) is 5.73. The number of benzene rings is 1. The Labute approximate surface area is 178 Å². The molecule has 0 amide bonds. The van der Waals surface area contributed by atoms with Crippen molar-refractivity contribution >= 4 is 5.69 Å². The molecule has 0 radical (unpaired) electrons. The minimum atomic E-state index is -0.00417. The van der Waals surface area contributed by atoms with E-state index in [1.807, 2.05) is 25.2 Å². The Kier molecular flexibility index (Phi) is 7.21. The molecular weight excluding hydrogens is 380 g/mol.